The van der Waals surface area contributed by atoms with Gasteiger partial charge in [0.25, 0.3) is 0 Å². The first-order chi connectivity index (χ1) is 11.4. The quantitative estimate of drug-likeness (QED) is 0.799. The zero-order valence-corrected chi connectivity index (χ0v) is 15.0. The van der Waals surface area contributed by atoms with Gasteiger partial charge >= 0.3 is 0 Å². The minimum atomic E-state index is 0.108. The summed E-state index contributed by atoms with van der Waals surface area (Å²) < 4.78 is 0. The molecule has 0 radical (unpaired) electrons. The van der Waals surface area contributed by atoms with Gasteiger partial charge in [-0.05, 0) is 44.2 Å². The summed E-state index contributed by atoms with van der Waals surface area (Å²) in [6.45, 7) is 8.83. The van der Waals surface area contributed by atoms with Gasteiger partial charge in [-0.3, -0.25) is 9.59 Å². The number of hydrogen-bond acceptors (Lipinski definition) is 4. The van der Waals surface area contributed by atoms with Crippen molar-refractivity contribution in [2.75, 3.05) is 45.9 Å². The van der Waals surface area contributed by atoms with E-state index in [1.54, 1.807) is 13.8 Å². The Morgan fingerprint density at radius 2 is 1.58 bits per heavy atom. The van der Waals surface area contributed by atoms with Crippen LogP contribution in [0.4, 0.5) is 0 Å². The molecule has 6 heteroatoms. The molecule has 3 heterocycles. The SMILES string of the molecule is CC(=O)N1CCC(N2CCC3(CC2)CN(C(C)=O)CC3CO)CC1. The molecule has 1 atom stereocenters. The lowest BCUT2D eigenvalue weighted by molar-refractivity contribution is -0.131. The summed E-state index contributed by atoms with van der Waals surface area (Å²) >= 11 is 0. The van der Waals surface area contributed by atoms with E-state index < -0.39 is 0 Å². The van der Waals surface area contributed by atoms with Crippen LogP contribution in [0.2, 0.25) is 0 Å². The minimum absolute atomic E-state index is 0.108. The third-order valence-electron chi connectivity index (χ3n) is 6.70. The summed E-state index contributed by atoms with van der Waals surface area (Å²) in [5, 5.41) is 9.79. The van der Waals surface area contributed by atoms with Crippen LogP contribution in [0.3, 0.4) is 0 Å². The highest BCUT2D eigenvalue weighted by Gasteiger charge is 2.48. The first kappa shape index (κ1) is 17.7. The predicted octanol–water partition coefficient (Wildman–Crippen LogP) is 0.550. The second-order valence-corrected chi connectivity index (χ2v) is 7.91. The molecule has 6 nitrogen and oxygen atoms in total. The van der Waals surface area contributed by atoms with E-state index in [0.29, 0.717) is 12.6 Å². The van der Waals surface area contributed by atoms with Crippen molar-refractivity contribution in [3.8, 4) is 0 Å². The Balaban J connectivity index is 1.56. The van der Waals surface area contributed by atoms with Crippen molar-refractivity contribution in [1.29, 1.82) is 0 Å². The second-order valence-electron chi connectivity index (χ2n) is 7.91. The fourth-order valence-electron chi connectivity index (χ4n) is 4.97. The Bertz CT molecular complexity index is 480. The maximum Gasteiger partial charge on any atom is 0.219 e. The first-order valence-corrected chi connectivity index (χ1v) is 9.31. The average Bonchev–Trinajstić information content (AvgIpc) is 2.94. The summed E-state index contributed by atoms with van der Waals surface area (Å²) in [6, 6.07) is 0.579. The molecule has 3 saturated heterocycles. The van der Waals surface area contributed by atoms with Gasteiger partial charge in [-0.1, -0.05) is 0 Å². The van der Waals surface area contributed by atoms with E-state index in [1.165, 1.54) is 0 Å². The molecule has 3 aliphatic rings. The number of aliphatic hydroxyl groups is 1. The van der Waals surface area contributed by atoms with Crippen LogP contribution in [0.5, 0.6) is 0 Å². The summed E-state index contributed by atoms with van der Waals surface area (Å²) in [5.41, 5.74) is 0.108. The standard InChI is InChI=1S/C18H31N3O3/c1-14(23)19-7-3-17(4-8-19)20-9-5-18(6-10-20)13-21(15(2)24)11-16(18)12-22/h16-17,22H,3-13H2,1-2H3. The van der Waals surface area contributed by atoms with E-state index in [4.69, 9.17) is 0 Å². The van der Waals surface area contributed by atoms with Crippen LogP contribution in [-0.4, -0.2) is 83.5 Å². The normalized spacial score (nSPS) is 28.5. The Labute approximate surface area is 144 Å². The van der Waals surface area contributed by atoms with Crippen LogP contribution in [-0.2, 0) is 9.59 Å². The van der Waals surface area contributed by atoms with Gasteiger partial charge in [-0.15, -0.1) is 0 Å². The average molecular weight is 337 g/mol. The molecule has 24 heavy (non-hydrogen) atoms. The zero-order chi connectivity index (χ0) is 17.3. The van der Waals surface area contributed by atoms with E-state index in [2.05, 4.69) is 4.90 Å². The van der Waals surface area contributed by atoms with Gasteiger partial charge in [-0.2, -0.15) is 0 Å². The van der Waals surface area contributed by atoms with Gasteiger partial charge in [0.2, 0.25) is 11.8 Å². The molecule has 1 spiro atoms. The molecular formula is C18H31N3O3. The molecule has 1 N–H and O–H groups in total. The van der Waals surface area contributed by atoms with Crippen molar-refractivity contribution in [2.45, 2.75) is 45.6 Å². The number of hydrogen-bond donors (Lipinski definition) is 1. The molecule has 0 aromatic carbocycles. The van der Waals surface area contributed by atoms with E-state index in [0.717, 1.165) is 58.4 Å². The van der Waals surface area contributed by atoms with E-state index in [1.807, 2.05) is 9.80 Å². The lowest BCUT2D eigenvalue weighted by atomic mass is 9.71. The third-order valence-corrected chi connectivity index (χ3v) is 6.70. The Morgan fingerprint density at radius 3 is 2.08 bits per heavy atom. The summed E-state index contributed by atoms with van der Waals surface area (Å²) in [6.07, 6.45) is 4.26. The number of carbonyl (C=O) groups excluding carboxylic acids is 2. The van der Waals surface area contributed by atoms with Gasteiger partial charge in [0, 0.05) is 58.6 Å². The topological polar surface area (TPSA) is 64.1 Å². The van der Waals surface area contributed by atoms with Crippen LogP contribution in [0.25, 0.3) is 0 Å². The molecule has 2 amide bonds. The molecule has 3 rings (SSSR count). The molecule has 3 fully saturated rings. The minimum Gasteiger partial charge on any atom is -0.396 e. The Morgan fingerprint density at radius 1 is 1.00 bits per heavy atom. The molecular weight excluding hydrogens is 306 g/mol. The monoisotopic (exact) mass is 337 g/mol. The van der Waals surface area contributed by atoms with E-state index >= 15 is 0 Å². The van der Waals surface area contributed by atoms with Crippen molar-refractivity contribution >= 4 is 11.8 Å². The lowest BCUT2D eigenvalue weighted by Crippen LogP contribution is -2.52. The van der Waals surface area contributed by atoms with Gasteiger partial charge < -0.3 is 19.8 Å². The second kappa shape index (κ2) is 7.00. The van der Waals surface area contributed by atoms with Gasteiger partial charge in [0.15, 0.2) is 0 Å². The van der Waals surface area contributed by atoms with Crippen LogP contribution in [0.15, 0.2) is 0 Å². The van der Waals surface area contributed by atoms with Crippen molar-refractivity contribution in [3.63, 3.8) is 0 Å². The van der Waals surface area contributed by atoms with Crippen molar-refractivity contribution in [2.24, 2.45) is 11.3 Å². The largest absolute Gasteiger partial charge is 0.396 e. The highest BCUT2D eigenvalue weighted by Crippen LogP contribution is 2.45. The number of nitrogens with zero attached hydrogens (tertiary/aromatic N) is 3. The van der Waals surface area contributed by atoms with Crippen molar-refractivity contribution < 1.29 is 14.7 Å². The number of piperidine rings is 2. The van der Waals surface area contributed by atoms with Crippen LogP contribution >= 0.6 is 0 Å². The molecule has 0 aliphatic carbocycles. The maximum absolute atomic E-state index is 11.7. The highest BCUT2D eigenvalue weighted by molar-refractivity contribution is 5.74. The van der Waals surface area contributed by atoms with Gasteiger partial charge in [0.1, 0.15) is 0 Å². The van der Waals surface area contributed by atoms with Crippen LogP contribution in [0.1, 0.15) is 39.5 Å². The zero-order valence-electron chi connectivity index (χ0n) is 15.0. The number of likely N-dealkylation sites (tertiary alicyclic amines) is 3. The van der Waals surface area contributed by atoms with E-state index in [9.17, 15) is 14.7 Å². The molecule has 1 unspecified atom stereocenters. The third kappa shape index (κ3) is 3.31. The molecule has 0 aromatic heterocycles. The summed E-state index contributed by atoms with van der Waals surface area (Å²) in [7, 11) is 0. The van der Waals surface area contributed by atoms with Gasteiger partial charge in [0.05, 0.1) is 0 Å². The summed E-state index contributed by atoms with van der Waals surface area (Å²) in [4.78, 5) is 29.6. The lowest BCUT2D eigenvalue weighted by Gasteiger charge is -2.46. The maximum atomic E-state index is 11.7. The van der Waals surface area contributed by atoms with E-state index in [-0.39, 0.29) is 29.8 Å². The molecule has 0 bridgehead atoms. The Hall–Kier alpha value is -1.14. The smallest absolute Gasteiger partial charge is 0.219 e. The van der Waals surface area contributed by atoms with Crippen LogP contribution < -0.4 is 0 Å². The molecule has 0 saturated carbocycles. The molecule has 0 aromatic rings. The number of amides is 2. The Kier molecular flexibility index (Phi) is 5.16. The van der Waals surface area contributed by atoms with Crippen molar-refractivity contribution in [3.05, 3.63) is 0 Å². The van der Waals surface area contributed by atoms with Crippen molar-refractivity contribution in [1.82, 2.24) is 14.7 Å². The summed E-state index contributed by atoms with van der Waals surface area (Å²) in [5.74, 6) is 0.541. The van der Waals surface area contributed by atoms with Crippen LogP contribution in [0, 0.1) is 11.3 Å². The number of aliphatic hydroxyl groups excluding tert-OH is 1. The number of carbonyl (C=O) groups is 2. The molecule has 3 aliphatic heterocycles. The highest BCUT2D eigenvalue weighted by atomic mass is 16.3. The predicted molar refractivity (Wildman–Crippen MR) is 91.3 cm³/mol. The first-order valence-electron chi connectivity index (χ1n) is 9.31. The van der Waals surface area contributed by atoms with Gasteiger partial charge in [-0.25, -0.2) is 0 Å². The fourth-order valence-corrected chi connectivity index (χ4v) is 4.97. The molecule has 136 valence electrons. The fraction of sp³-hybridized carbons (Fsp3) is 0.889. The number of rotatable bonds is 2.